The first-order valence-corrected chi connectivity index (χ1v) is 4.95. The Bertz CT molecular complexity index is 69.5. The molecule has 1 N–H and O–H groups in total. The molecular formula is C6H13IN2. The Kier molecular flexibility index (Phi) is 3.85. The molecule has 1 aliphatic rings. The molecular weight excluding hydrogens is 227 g/mol. The zero-order valence-corrected chi connectivity index (χ0v) is 7.73. The summed E-state index contributed by atoms with van der Waals surface area (Å²) in [5.74, 6) is 0. The molecule has 54 valence electrons. The van der Waals surface area contributed by atoms with E-state index < -0.39 is 0 Å². The van der Waals surface area contributed by atoms with Crippen LogP contribution in [0.1, 0.15) is 6.42 Å². The van der Waals surface area contributed by atoms with Gasteiger partial charge in [0.25, 0.3) is 0 Å². The molecule has 1 rings (SSSR count). The summed E-state index contributed by atoms with van der Waals surface area (Å²) >= 11 is 2.42. The zero-order chi connectivity index (χ0) is 6.53. The van der Waals surface area contributed by atoms with Crippen LogP contribution >= 0.6 is 22.6 Å². The predicted octanol–water partition coefficient (Wildman–Crippen LogP) is 0.674. The fraction of sp³-hybridized carbons (Fsp3) is 1.00. The minimum Gasteiger partial charge on any atom is -0.315 e. The summed E-state index contributed by atoms with van der Waals surface area (Å²) < 4.78 is 1.18. The highest BCUT2D eigenvalue weighted by Crippen LogP contribution is 1.97. The van der Waals surface area contributed by atoms with Crippen molar-refractivity contribution in [3.05, 3.63) is 0 Å². The highest BCUT2D eigenvalue weighted by Gasteiger charge is 2.04. The summed E-state index contributed by atoms with van der Waals surface area (Å²) in [6, 6.07) is 0. The molecule has 0 aromatic heterocycles. The molecule has 1 fully saturated rings. The van der Waals surface area contributed by atoms with Gasteiger partial charge in [0.15, 0.2) is 0 Å². The van der Waals surface area contributed by atoms with Crippen LogP contribution in [0.25, 0.3) is 0 Å². The van der Waals surface area contributed by atoms with Crippen LogP contribution in [0, 0.1) is 0 Å². The third kappa shape index (κ3) is 2.82. The maximum atomic E-state index is 3.37. The van der Waals surface area contributed by atoms with Crippen LogP contribution in [-0.4, -0.2) is 35.6 Å². The lowest BCUT2D eigenvalue weighted by atomic mass is 10.4. The van der Waals surface area contributed by atoms with Gasteiger partial charge in [0.1, 0.15) is 0 Å². The molecule has 1 heterocycles. The minimum atomic E-state index is 1.17. The molecule has 2 nitrogen and oxygen atoms in total. The van der Waals surface area contributed by atoms with Gasteiger partial charge in [0.2, 0.25) is 0 Å². The lowest BCUT2D eigenvalue weighted by Crippen LogP contribution is -2.26. The monoisotopic (exact) mass is 240 g/mol. The molecule has 0 aromatic carbocycles. The third-order valence-electron chi connectivity index (χ3n) is 1.60. The number of hydrogen-bond acceptors (Lipinski definition) is 2. The molecule has 0 spiro atoms. The van der Waals surface area contributed by atoms with E-state index in [0.29, 0.717) is 0 Å². The highest BCUT2D eigenvalue weighted by atomic mass is 127. The molecule has 1 saturated heterocycles. The van der Waals surface area contributed by atoms with Crippen molar-refractivity contribution in [3.63, 3.8) is 0 Å². The Balaban J connectivity index is 2.18. The lowest BCUT2D eigenvalue weighted by molar-refractivity contribution is 0.352. The third-order valence-corrected chi connectivity index (χ3v) is 2.57. The van der Waals surface area contributed by atoms with E-state index in [-0.39, 0.29) is 0 Å². The standard InChI is InChI=1S/C6H13IN2/c7-6-9-4-1-2-8-3-5-9/h8H,1-6H2. The molecule has 9 heavy (non-hydrogen) atoms. The first-order chi connectivity index (χ1) is 4.43. The first-order valence-electron chi connectivity index (χ1n) is 3.42. The number of nitrogens with zero attached hydrogens (tertiary/aromatic N) is 1. The van der Waals surface area contributed by atoms with Gasteiger partial charge in [-0.25, -0.2) is 0 Å². The molecule has 0 saturated carbocycles. The maximum absolute atomic E-state index is 3.37. The summed E-state index contributed by atoms with van der Waals surface area (Å²) in [4.78, 5) is 2.47. The van der Waals surface area contributed by atoms with Crippen LogP contribution in [0.3, 0.4) is 0 Å². The summed E-state index contributed by atoms with van der Waals surface area (Å²) in [6.45, 7) is 4.87. The Labute approximate surface area is 70.1 Å². The van der Waals surface area contributed by atoms with Crippen molar-refractivity contribution in [2.75, 3.05) is 30.7 Å². The second kappa shape index (κ2) is 4.46. The second-order valence-electron chi connectivity index (χ2n) is 2.34. The van der Waals surface area contributed by atoms with Crippen LogP contribution in [0.4, 0.5) is 0 Å². The van der Waals surface area contributed by atoms with E-state index in [0.717, 1.165) is 0 Å². The van der Waals surface area contributed by atoms with Crippen molar-refractivity contribution in [1.29, 1.82) is 0 Å². The molecule has 3 heteroatoms. The summed E-state index contributed by atoms with van der Waals surface area (Å²) in [5, 5.41) is 3.37. The van der Waals surface area contributed by atoms with Crippen molar-refractivity contribution < 1.29 is 0 Å². The zero-order valence-electron chi connectivity index (χ0n) is 5.57. The van der Waals surface area contributed by atoms with Crippen LogP contribution in [0.15, 0.2) is 0 Å². The van der Waals surface area contributed by atoms with Gasteiger partial charge in [-0.2, -0.15) is 0 Å². The summed E-state index contributed by atoms with van der Waals surface area (Å²) in [5.41, 5.74) is 0. The number of rotatable bonds is 1. The minimum absolute atomic E-state index is 1.17. The van der Waals surface area contributed by atoms with Crippen molar-refractivity contribution in [1.82, 2.24) is 10.2 Å². The SMILES string of the molecule is ICN1CCCNCC1. The summed E-state index contributed by atoms with van der Waals surface area (Å²) in [6.07, 6.45) is 1.31. The van der Waals surface area contributed by atoms with Crippen molar-refractivity contribution in [3.8, 4) is 0 Å². The van der Waals surface area contributed by atoms with Crippen LogP contribution < -0.4 is 5.32 Å². The van der Waals surface area contributed by atoms with Crippen molar-refractivity contribution in [2.45, 2.75) is 6.42 Å². The van der Waals surface area contributed by atoms with Gasteiger partial charge in [-0.05, 0) is 13.0 Å². The number of halogens is 1. The van der Waals surface area contributed by atoms with Crippen molar-refractivity contribution in [2.24, 2.45) is 0 Å². The number of nitrogens with one attached hydrogen (secondary N) is 1. The summed E-state index contributed by atoms with van der Waals surface area (Å²) in [7, 11) is 0. The van der Waals surface area contributed by atoms with E-state index in [4.69, 9.17) is 0 Å². The lowest BCUT2D eigenvalue weighted by Gasteiger charge is -2.14. The maximum Gasteiger partial charge on any atom is 0.0506 e. The van der Waals surface area contributed by atoms with Gasteiger partial charge in [-0.15, -0.1) is 0 Å². The topological polar surface area (TPSA) is 15.3 Å². The van der Waals surface area contributed by atoms with Gasteiger partial charge >= 0.3 is 0 Å². The van der Waals surface area contributed by atoms with E-state index in [1.165, 1.54) is 37.2 Å². The Morgan fingerprint density at radius 2 is 2.22 bits per heavy atom. The average molecular weight is 240 g/mol. The van der Waals surface area contributed by atoms with E-state index in [9.17, 15) is 0 Å². The van der Waals surface area contributed by atoms with E-state index >= 15 is 0 Å². The molecule has 0 atom stereocenters. The first kappa shape index (κ1) is 7.75. The highest BCUT2D eigenvalue weighted by molar-refractivity contribution is 14.1. The van der Waals surface area contributed by atoms with Gasteiger partial charge in [0, 0.05) is 19.6 Å². The van der Waals surface area contributed by atoms with Crippen molar-refractivity contribution >= 4 is 22.6 Å². The van der Waals surface area contributed by atoms with Crippen LogP contribution in [0.5, 0.6) is 0 Å². The number of alkyl halides is 1. The predicted molar refractivity (Wildman–Crippen MR) is 47.9 cm³/mol. The smallest absolute Gasteiger partial charge is 0.0506 e. The van der Waals surface area contributed by atoms with Gasteiger partial charge in [0.05, 0.1) is 4.55 Å². The molecule has 0 radical (unpaired) electrons. The van der Waals surface area contributed by atoms with Gasteiger partial charge in [-0.1, -0.05) is 22.6 Å². The van der Waals surface area contributed by atoms with Crippen LogP contribution in [-0.2, 0) is 0 Å². The van der Waals surface area contributed by atoms with E-state index in [1.54, 1.807) is 0 Å². The normalized spacial score (nSPS) is 23.7. The average Bonchev–Trinajstić information content (AvgIpc) is 2.13. The Morgan fingerprint density at radius 3 is 3.00 bits per heavy atom. The molecule has 0 unspecified atom stereocenters. The molecule has 0 bridgehead atoms. The number of hydrogen-bond donors (Lipinski definition) is 1. The largest absolute Gasteiger partial charge is 0.315 e. The van der Waals surface area contributed by atoms with E-state index in [2.05, 4.69) is 32.8 Å². The van der Waals surface area contributed by atoms with Crippen LogP contribution in [0.2, 0.25) is 0 Å². The van der Waals surface area contributed by atoms with E-state index in [1.807, 2.05) is 0 Å². The van der Waals surface area contributed by atoms with Gasteiger partial charge in [-0.3, -0.25) is 4.90 Å². The molecule has 1 aliphatic heterocycles. The Hall–Kier alpha value is 0.650. The van der Waals surface area contributed by atoms with Gasteiger partial charge < -0.3 is 5.32 Å². The fourth-order valence-corrected chi connectivity index (χ4v) is 1.70. The Morgan fingerprint density at radius 1 is 1.33 bits per heavy atom. The molecule has 0 aliphatic carbocycles. The second-order valence-corrected chi connectivity index (χ2v) is 3.02. The fourth-order valence-electron chi connectivity index (χ4n) is 1.02. The molecule has 0 amide bonds. The molecule has 0 aromatic rings. The quantitative estimate of drug-likeness (QED) is 0.412.